The van der Waals surface area contributed by atoms with E-state index in [0.717, 1.165) is 19.4 Å². The van der Waals surface area contributed by atoms with Gasteiger partial charge in [0.2, 0.25) is 0 Å². The first kappa shape index (κ1) is 12.3. The highest BCUT2D eigenvalue weighted by atomic mass is 35.5. The molecular weight excluding hydrogens is 238 g/mol. The number of nitrogens with zero attached hydrogens (tertiary/aromatic N) is 3. The van der Waals surface area contributed by atoms with Gasteiger partial charge in [-0.25, -0.2) is 0 Å². The van der Waals surface area contributed by atoms with Crippen LogP contribution in [-0.2, 0) is 0 Å². The van der Waals surface area contributed by atoms with E-state index in [0.29, 0.717) is 22.8 Å². The molecule has 1 amide bonds. The Balaban J connectivity index is 2.17. The summed E-state index contributed by atoms with van der Waals surface area (Å²) in [4.78, 5) is 14.2. The number of carbonyl (C=O) groups excluding carboxylic acids is 1. The summed E-state index contributed by atoms with van der Waals surface area (Å²) in [6.45, 7) is 5.10. The molecule has 92 valence electrons. The minimum absolute atomic E-state index is 0.0367. The molecule has 1 saturated heterocycles. The van der Waals surface area contributed by atoms with Crippen molar-refractivity contribution >= 4 is 17.5 Å². The first-order valence-electron chi connectivity index (χ1n) is 5.90. The molecule has 2 heterocycles. The number of hydrogen-bond acceptors (Lipinski definition) is 3. The maximum Gasteiger partial charge on any atom is 0.274 e. The highest BCUT2D eigenvalue weighted by molar-refractivity contribution is 6.29. The van der Waals surface area contributed by atoms with Gasteiger partial charge in [-0.3, -0.25) is 4.79 Å². The van der Waals surface area contributed by atoms with Crippen molar-refractivity contribution in [2.24, 2.45) is 5.92 Å². The van der Waals surface area contributed by atoms with Crippen molar-refractivity contribution in [3.05, 3.63) is 23.0 Å². The molecule has 1 aliphatic heterocycles. The number of halogens is 1. The lowest BCUT2D eigenvalue weighted by Crippen LogP contribution is -2.38. The molecule has 5 heteroatoms. The third-order valence-electron chi connectivity index (χ3n) is 3.18. The maximum absolute atomic E-state index is 12.3. The second-order valence-corrected chi connectivity index (χ2v) is 5.08. The van der Waals surface area contributed by atoms with Crippen molar-refractivity contribution in [1.82, 2.24) is 15.1 Å². The van der Waals surface area contributed by atoms with E-state index >= 15 is 0 Å². The Morgan fingerprint density at radius 2 is 2.24 bits per heavy atom. The van der Waals surface area contributed by atoms with Crippen molar-refractivity contribution in [3.63, 3.8) is 0 Å². The van der Waals surface area contributed by atoms with Crippen molar-refractivity contribution < 1.29 is 4.79 Å². The molecule has 0 spiro atoms. The largest absolute Gasteiger partial charge is 0.334 e. The van der Waals surface area contributed by atoms with Gasteiger partial charge in [0.1, 0.15) is 0 Å². The summed E-state index contributed by atoms with van der Waals surface area (Å²) in [6, 6.07) is 3.55. The molecule has 1 unspecified atom stereocenters. The summed E-state index contributed by atoms with van der Waals surface area (Å²) in [6.07, 6.45) is 2.14. The van der Waals surface area contributed by atoms with E-state index in [1.807, 2.05) is 4.90 Å². The fourth-order valence-electron chi connectivity index (χ4n) is 2.32. The molecule has 1 atom stereocenters. The van der Waals surface area contributed by atoms with Gasteiger partial charge in [-0.1, -0.05) is 25.4 Å². The van der Waals surface area contributed by atoms with Crippen LogP contribution < -0.4 is 0 Å². The smallest absolute Gasteiger partial charge is 0.274 e. The number of carbonyl (C=O) groups is 1. The molecular formula is C12H16ClN3O. The van der Waals surface area contributed by atoms with Crippen LogP contribution in [-0.4, -0.2) is 33.6 Å². The van der Waals surface area contributed by atoms with Crippen LogP contribution >= 0.6 is 11.6 Å². The molecule has 4 nitrogen and oxygen atoms in total. The number of aromatic nitrogens is 2. The summed E-state index contributed by atoms with van der Waals surface area (Å²) in [7, 11) is 0. The Morgan fingerprint density at radius 3 is 2.82 bits per heavy atom. The molecule has 0 saturated carbocycles. The predicted molar refractivity (Wildman–Crippen MR) is 65.9 cm³/mol. The molecule has 1 fully saturated rings. The highest BCUT2D eigenvalue weighted by Gasteiger charge is 2.31. The summed E-state index contributed by atoms with van der Waals surface area (Å²) in [5.41, 5.74) is 0.377. The number of rotatable bonds is 2. The third kappa shape index (κ3) is 2.57. The Labute approximate surface area is 106 Å². The molecule has 0 N–H and O–H groups in total. The van der Waals surface area contributed by atoms with Crippen LogP contribution in [0.15, 0.2) is 12.1 Å². The van der Waals surface area contributed by atoms with Gasteiger partial charge in [-0.05, 0) is 30.9 Å². The molecule has 0 aliphatic carbocycles. The Hall–Kier alpha value is -1.16. The van der Waals surface area contributed by atoms with Crippen LogP contribution in [0, 0.1) is 5.92 Å². The lowest BCUT2D eigenvalue weighted by Gasteiger charge is -2.27. The van der Waals surface area contributed by atoms with Crippen molar-refractivity contribution in [3.8, 4) is 0 Å². The molecule has 1 aromatic heterocycles. The van der Waals surface area contributed by atoms with Gasteiger partial charge in [-0.15, -0.1) is 10.2 Å². The molecule has 0 aromatic carbocycles. The van der Waals surface area contributed by atoms with Gasteiger partial charge in [0.25, 0.3) is 5.91 Å². The zero-order valence-electron chi connectivity index (χ0n) is 10.1. The Bertz CT molecular complexity index is 405. The molecule has 1 aromatic rings. The van der Waals surface area contributed by atoms with Gasteiger partial charge in [0.05, 0.1) is 0 Å². The quantitative estimate of drug-likeness (QED) is 0.813. The summed E-state index contributed by atoms with van der Waals surface area (Å²) < 4.78 is 0. The summed E-state index contributed by atoms with van der Waals surface area (Å²) in [5, 5.41) is 7.86. The predicted octanol–water partition coefficient (Wildman–Crippen LogP) is 2.39. The van der Waals surface area contributed by atoms with E-state index in [1.54, 1.807) is 12.1 Å². The average Bonchev–Trinajstić information content (AvgIpc) is 2.78. The maximum atomic E-state index is 12.3. The Morgan fingerprint density at radius 1 is 1.47 bits per heavy atom. The van der Waals surface area contributed by atoms with E-state index < -0.39 is 0 Å². The van der Waals surface area contributed by atoms with Crippen molar-refractivity contribution in [2.75, 3.05) is 6.54 Å². The number of likely N-dealkylation sites (tertiary alicyclic amines) is 1. The molecule has 0 radical (unpaired) electrons. The lowest BCUT2D eigenvalue weighted by molar-refractivity contribution is 0.0694. The molecule has 0 bridgehead atoms. The molecule has 1 aliphatic rings. The van der Waals surface area contributed by atoms with E-state index in [-0.39, 0.29) is 5.91 Å². The summed E-state index contributed by atoms with van der Waals surface area (Å²) >= 11 is 5.66. The topological polar surface area (TPSA) is 46.1 Å². The van der Waals surface area contributed by atoms with E-state index in [4.69, 9.17) is 11.6 Å². The summed E-state index contributed by atoms with van der Waals surface area (Å²) in [5.74, 6) is 0.437. The van der Waals surface area contributed by atoms with Crippen LogP contribution in [0.25, 0.3) is 0 Å². The van der Waals surface area contributed by atoms with E-state index in [2.05, 4.69) is 24.0 Å². The van der Waals surface area contributed by atoms with Crippen LogP contribution in [0.5, 0.6) is 0 Å². The second kappa shape index (κ2) is 5.00. The minimum atomic E-state index is -0.0367. The van der Waals surface area contributed by atoms with Crippen LogP contribution in [0.4, 0.5) is 0 Å². The Kier molecular flexibility index (Phi) is 3.62. The highest BCUT2D eigenvalue weighted by Crippen LogP contribution is 2.25. The fraction of sp³-hybridized carbons (Fsp3) is 0.583. The standard InChI is InChI=1S/C12H16ClN3O/c1-8(2)10-4-3-7-16(10)12(17)9-5-6-11(13)15-14-9/h5-6,8,10H,3-4,7H2,1-2H3. The van der Waals surface area contributed by atoms with Crippen LogP contribution in [0.3, 0.4) is 0 Å². The number of hydrogen-bond donors (Lipinski definition) is 0. The van der Waals surface area contributed by atoms with Crippen LogP contribution in [0.2, 0.25) is 5.15 Å². The normalized spacial score (nSPS) is 20.0. The lowest BCUT2D eigenvalue weighted by atomic mass is 10.0. The monoisotopic (exact) mass is 253 g/mol. The van der Waals surface area contributed by atoms with Gasteiger partial charge in [0.15, 0.2) is 10.8 Å². The van der Waals surface area contributed by atoms with E-state index in [9.17, 15) is 4.79 Å². The van der Waals surface area contributed by atoms with Gasteiger partial charge in [-0.2, -0.15) is 0 Å². The van der Waals surface area contributed by atoms with Crippen molar-refractivity contribution in [2.45, 2.75) is 32.7 Å². The second-order valence-electron chi connectivity index (χ2n) is 4.69. The first-order chi connectivity index (χ1) is 8.09. The first-order valence-corrected chi connectivity index (χ1v) is 6.27. The number of amides is 1. The average molecular weight is 254 g/mol. The third-order valence-corrected chi connectivity index (χ3v) is 3.38. The molecule has 17 heavy (non-hydrogen) atoms. The van der Waals surface area contributed by atoms with Gasteiger partial charge in [0, 0.05) is 12.6 Å². The van der Waals surface area contributed by atoms with Gasteiger partial charge < -0.3 is 4.90 Å². The van der Waals surface area contributed by atoms with E-state index in [1.165, 1.54) is 0 Å². The fourth-order valence-corrected chi connectivity index (χ4v) is 2.42. The molecule has 2 rings (SSSR count). The zero-order chi connectivity index (χ0) is 12.4. The minimum Gasteiger partial charge on any atom is -0.334 e. The van der Waals surface area contributed by atoms with Gasteiger partial charge >= 0.3 is 0 Å². The van der Waals surface area contributed by atoms with Crippen LogP contribution in [0.1, 0.15) is 37.2 Å². The zero-order valence-corrected chi connectivity index (χ0v) is 10.8. The van der Waals surface area contributed by atoms with Crippen molar-refractivity contribution in [1.29, 1.82) is 0 Å². The SMILES string of the molecule is CC(C)C1CCCN1C(=O)c1ccc(Cl)nn1.